The maximum Gasteiger partial charge on any atom is 0.313 e. The lowest BCUT2D eigenvalue weighted by Gasteiger charge is -2.04. The number of Topliss-reactive ketones (excluding diaryl/α,β-unsaturated/α-hetero) is 1. The zero-order valence-corrected chi connectivity index (χ0v) is 17.0. The van der Waals surface area contributed by atoms with Gasteiger partial charge in [-0.3, -0.25) is 9.59 Å². The van der Waals surface area contributed by atoms with Gasteiger partial charge in [0.25, 0.3) is 0 Å². The highest BCUT2D eigenvalue weighted by Gasteiger charge is 2.09. The minimum absolute atomic E-state index is 0.0214. The van der Waals surface area contributed by atoms with Crippen LogP contribution in [0.1, 0.15) is 123 Å². The molecule has 0 aromatic carbocycles. The smallest absolute Gasteiger partial charge is 0.313 e. The van der Waals surface area contributed by atoms with E-state index in [1.54, 1.807) is 6.92 Å². The number of carbonyl (C=O) groups is 2. The van der Waals surface area contributed by atoms with Gasteiger partial charge in [0.2, 0.25) is 0 Å². The number of unbranched alkanes of at least 4 members (excludes halogenated alkanes) is 14. The second kappa shape index (κ2) is 19.5. The highest BCUT2D eigenvalue weighted by molar-refractivity contribution is 5.95. The first-order valence-electron chi connectivity index (χ1n) is 10.9. The lowest BCUT2D eigenvalue weighted by atomic mass is 10.0. The molecule has 0 aromatic heterocycles. The van der Waals surface area contributed by atoms with E-state index in [1.807, 2.05) is 0 Å². The lowest BCUT2D eigenvalue weighted by molar-refractivity contribution is -0.145. The first kappa shape index (κ1) is 24.1. The fraction of sp³-hybridized carbons (Fsp3) is 0.909. The van der Waals surface area contributed by atoms with Gasteiger partial charge in [-0.05, 0) is 13.3 Å². The fourth-order valence-electron chi connectivity index (χ4n) is 3.15. The predicted molar refractivity (Wildman–Crippen MR) is 106 cm³/mol. The molecular formula is C22H42O3. The molecule has 0 aromatic rings. The molecule has 0 aliphatic carbocycles. The molecule has 0 spiro atoms. The van der Waals surface area contributed by atoms with Crippen LogP contribution >= 0.6 is 0 Å². The van der Waals surface area contributed by atoms with Crippen LogP contribution in [0.2, 0.25) is 0 Å². The maximum atomic E-state index is 11.6. The topological polar surface area (TPSA) is 43.4 Å². The van der Waals surface area contributed by atoms with Crippen LogP contribution in [0.5, 0.6) is 0 Å². The third-order valence-electron chi connectivity index (χ3n) is 4.71. The van der Waals surface area contributed by atoms with Crippen molar-refractivity contribution in [2.24, 2.45) is 0 Å². The summed E-state index contributed by atoms with van der Waals surface area (Å²) in [6, 6.07) is 0. The van der Waals surface area contributed by atoms with E-state index in [2.05, 4.69) is 6.92 Å². The molecule has 0 rings (SSSR count). The number of esters is 1. The molecule has 3 heteroatoms. The van der Waals surface area contributed by atoms with Crippen molar-refractivity contribution < 1.29 is 14.3 Å². The van der Waals surface area contributed by atoms with Crippen molar-refractivity contribution in [1.29, 1.82) is 0 Å². The van der Waals surface area contributed by atoms with Gasteiger partial charge in [0.15, 0.2) is 0 Å². The quantitative estimate of drug-likeness (QED) is 0.146. The van der Waals surface area contributed by atoms with E-state index in [0.717, 1.165) is 12.8 Å². The summed E-state index contributed by atoms with van der Waals surface area (Å²) in [7, 11) is 0. The average Bonchev–Trinajstić information content (AvgIpc) is 2.58. The summed E-state index contributed by atoms with van der Waals surface area (Å²) < 4.78 is 4.78. The highest BCUT2D eigenvalue weighted by atomic mass is 16.5. The molecule has 0 bridgehead atoms. The van der Waals surface area contributed by atoms with E-state index in [9.17, 15) is 9.59 Å². The average molecular weight is 355 g/mol. The summed E-state index contributed by atoms with van der Waals surface area (Å²) in [5.74, 6) is -0.360. The van der Waals surface area contributed by atoms with E-state index < -0.39 is 0 Å². The maximum absolute atomic E-state index is 11.6. The molecule has 0 saturated carbocycles. The van der Waals surface area contributed by atoms with Crippen LogP contribution in [0.15, 0.2) is 0 Å². The zero-order chi connectivity index (χ0) is 18.6. The van der Waals surface area contributed by atoms with Gasteiger partial charge in [-0.15, -0.1) is 0 Å². The molecule has 0 N–H and O–H groups in total. The van der Waals surface area contributed by atoms with Crippen LogP contribution < -0.4 is 0 Å². The van der Waals surface area contributed by atoms with Crippen molar-refractivity contribution in [2.45, 2.75) is 123 Å². The second-order valence-electron chi connectivity index (χ2n) is 7.22. The molecule has 148 valence electrons. The van der Waals surface area contributed by atoms with Crippen LogP contribution in [-0.2, 0) is 14.3 Å². The van der Waals surface area contributed by atoms with Crippen molar-refractivity contribution in [3.8, 4) is 0 Å². The summed E-state index contributed by atoms with van der Waals surface area (Å²) >= 11 is 0. The largest absolute Gasteiger partial charge is 0.466 e. The number of carbonyl (C=O) groups excluding carboxylic acids is 2. The predicted octanol–water partition coefficient (Wildman–Crippen LogP) is 6.77. The summed E-state index contributed by atoms with van der Waals surface area (Å²) in [5.41, 5.74) is 0. The van der Waals surface area contributed by atoms with Crippen molar-refractivity contribution in [2.75, 3.05) is 6.61 Å². The Morgan fingerprint density at radius 2 is 1.00 bits per heavy atom. The Kier molecular flexibility index (Phi) is 18.8. The Hall–Kier alpha value is -0.860. The number of rotatable bonds is 19. The molecule has 0 fully saturated rings. The number of hydrogen-bond donors (Lipinski definition) is 0. The van der Waals surface area contributed by atoms with Crippen LogP contribution in [0.3, 0.4) is 0 Å². The van der Waals surface area contributed by atoms with Crippen molar-refractivity contribution >= 4 is 11.8 Å². The summed E-state index contributed by atoms with van der Waals surface area (Å²) in [4.78, 5) is 22.7. The molecule has 0 aliphatic rings. The number of ketones is 1. The van der Waals surface area contributed by atoms with E-state index in [0.29, 0.717) is 13.0 Å². The Bertz CT molecular complexity index is 312. The molecule has 25 heavy (non-hydrogen) atoms. The van der Waals surface area contributed by atoms with Gasteiger partial charge in [0, 0.05) is 6.42 Å². The Labute approximate surface area is 156 Å². The van der Waals surface area contributed by atoms with Crippen LogP contribution in [0.25, 0.3) is 0 Å². The van der Waals surface area contributed by atoms with Crippen LogP contribution in [0.4, 0.5) is 0 Å². The molecule has 0 atom stereocenters. The van der Waals surface area contributed by atoms with Crippen molar-refractivity contribution in [3.05, 3.63) is 0 Å². The normalized spacial score (nSPS) is 10.8. The monoisotopic (exact) mass is 354 g/mol. The van der Waals surface area contributed by atoms with Gasteiger partial charge in [-0.2, -0.15) is 0 Å². The van der Waals surface area contributed by atoms with Crippen molar-refractivity contribution in [1.82, 2.24) is 0 Å². The molecule has 3 nitrogen and oxygen atoms in total. The number of ether oxygens (including phenoxy) is 1. The second-order valence-corrected chi connectivity index (χ2v) is 7.22. The van der Waals surface area contributed by atoms with E-state index in [-0.39, 0.29) is 18.2 Å². The van der Waals surface area contributed by atoms with E-state index >= 15 is 0 Å². The van der Waals surface area contributed by atoms with Gasteiger partial charge in [-0.25, -0.2) is 0 Å². The summed E-state index contributed by atoms with van der Waals surface area (Å²) in [6.07, 6.45) is 20.3. The first-order valence-corrected chi connectivity index (χ1v) is 10.9. The van der Waals surface area contributed by atoms with Crippen molar-refractivity contribution in [3.63, 3.8) is 0 Å². The third-order valence-corrected chi connectivity index (χ3v) is 4.71. The number of hydrogen-bond acceptors (Lipinski definition) is 3. The Morgan fingerprint density at radius 1 is 0.600 bits per heavy atom. The van der Waals surface area contributed by atoms with Crippen LogP contribution in [0, 0.1) is 0 Å². The molecule has 0 unspecified atom stereocenters. The SMILES string of the molecule is CCCCCCCCCCCCCCCCCC(=O)CC(=O)OCC. The minimum Gasteiger partial charge on any atom is -0.466 e. The molecule has 0 saturated heterocycles. The minimum atomic E-state index is -0.381. The van der Waals surface area contributed by atoms with Gasteiger partial charge >= 0.3 is 5.97 Å². The summed E-state index contributed by atoms with van der Waals surface area (Å²) in [5, 5.41) is 0. The van der Waals surface area contributed by atoms with E-state index in [1.165, 1.54) is 83.5 Å². The zero-order valence-electron chi connectivity index (χ0n) is 17.0. The third kappa shape index (κ3) is 19.3. The lowest BCUT2D eigenvalue weighted by Crippen LogP contribution is -2.10. The van der Waals surface area contributed by atoms with Crippen LogP contribution in [-0.4, -0.2) is 18.4 Å². The molecule has 0 amide bonds. The molecular weight excluding hydrogens is 312 g/mol. The van der Waals surface area contributed by atoms with Gasteiger partial charge in [0.05, 0.1) is 6.61 Å². The Balaban J connectivity index is 3.16. The first-order chi connectivity index (χ1) is 12.2. The summed E-state index contributed by atoms with van der Waals surface area (Å²) in [6.45, 7) is 4.38. The Morgan fingerprint density at radius 3 is 1.40 bits per heavy atom. The highest BCUT2D eigenvalue weighted by Crippen LogP contribution is 2.13. The van der Waals surface area contributed by atoms with Gasteiger partial charge < -0.3 is 4.74 Å². The standard InChI is InChI=1S/C22H42O3/c1-3-5-6-7-8-9-10-11-12-13-14-15-16-17-18-19-21(23)20-22(24)25-4-2/h3-20H2,1-2H3. The van der Waals surface area contributed by atoms with E-state index in [4.69, 9.17) is 4.74 Å². The molecule has 0 radical (unpaired) electrons. The van der Waals surface area contributed by atoms with Gasteiger partial charge in [0.1, 0.15) is 12.2 Å². The van der Waals surface area contributed by atoms with Gasteiger partial charge in [-0.1, -0.05) is 96.8 Å². The molecule has 0 aliphatic heterocycles. The molecule has 0 heterocycles. The fourth-order valence-corrected chi connectivity index (χ4v) is 3.15.